The number of sulfone groups is 1. The van der Waals surface area contributed by atoms with Gasteiger partial charge in [0.05, 0.1) is 17.1 Å². The van der Waals surface area contributed by atoms with Crippen molar-refractivity contribution in [3.8, 4) is 0 Å². The van der Waals surface area contributed by atoms with Crippen molar-refractivity contribution in [1.29, 1.82) is 0 Å². The third kappa shape index (κ3) is 6.84. The molecule has 0 amide bonds. The molecule has 0 aliphatic heterocycles. The van der Waals surface area contributed by atoms with Crippen molar-refractivity contribution in [3.05, 3.63) is 45.9 Å². The molecule has 0 unspecified atom stereocenters. The Morgan fingerprint density at radius 1 is 1.19 bits per heavy atom. The second-order valence-corrected chi connectivity index (χ2v) is 8.97. The molecule has 0 aliphatic rings. The molecule has 2 rings (SSSR count). The number of hydrogen-bond acceptors (Lipinski definition) is 5. The van der Waals surface area contributed by atoms with Gasteiger partial charge in [-0.3, -0.25) is 4.99 Å². The summed E-state index contributed by atoms with van der Waals surface area (Å²) in [6, 6.07) is 6.83. The number of thiazole rings is 1. The average molecular weight is 508 g/mol. The Bertz CT molecular complexity index is 831. The van der Waals surface area contributed by atoms with E-state index in [1.807, 2.05) is 0 Å². The number of hydrogen-bond donors (Lipinski definition) is 2. The van der Waals surface area contributed by atoms with Gasteiger partial charge in [-0.25, -0.2) is 13.4 Å². The smallest absolute Gasteiger partial charge is 0.191 e. The largest absolute Gasteiger partial charge is 0.352 e. The van der Waals surface area contributed by atoms with E-state index in [1.165, 1.54) is 6.26 Å². The van der Waals surface area contributed by atoms with Crippen LogP contribution in [0.25, 0.3) is 0 Å². The lowest BCUT2D eigenvalue weighted by Gasteiger charge is -2.11. The quantitative estimate of drug-likeness (QED) is 0.356. The van der Waals surface area contributed by atoms with Crippen LogP contribution in [0.3, 0.4) is 0 Å². The van der Waals surface area contributed by atoms with E-state index >= 15 is 0 Å². The van der Waals surface area contributed by atoms with Gasteiger partial charge in [-0.2, -0.15) is 0 Å². The maximum Gasteiger partial charge on any atom is 0.191 e. The van der Waals surface area contributed by atoms with Gasteiger partial charge in [-0.1, -0.05) is 26.0 Å². The van der Waals surface area contributed by atoms with Crippen molar-refractivity contribution in [2.75, 3.05) is 13.3 Å². The first-order chi connectivity index (χ1) is 11.8. The van der Waals surface area contributed by atoms with Crippen LogP contribution in [-0.4, -0.2) is 32.7 Å². The Labute approximate surface area is 176 Å². The molecule has 0 atom stereocenters. The Kier molecular flexibility index (Phi) is 8.97. The molecule has 0 saturated heterocycles. The molecule has 26 heavy (non-hydrogen) atoms. The fourth-order valence-electron chi connectivity index (χ4n) is 2.09. The fraction of sp³-hybridized carbons (Fsp3) is 0.412. The average Bonchev–Trinajstić information content (AvgIpc) is 3.04. The minimum Gasteiger partial charge on any atom is -0.352 e. The fourth-order valence-corrected chi connectivity index (χ4v) is 3.62. The minimum atomic E-state index is -3.16. The SMILES string of the molecule is CN=C(NCc1ccc(S(C)(=O)=O)cc1)NCc1nc(C(C)C)cs1.I. The standard InChI is InChI=1S/C17H24N4O2S2.HI/c1-12(2)15-11-24-16(21-15)10-20-17(18-3)19-9-13-5-7-14(8-6-13)25(4,22)23;/h5-8,11-12H,9-10H2,1-4H3,(H2,18,19,20);1H. The highest BCUT2D eigenvalue weighted by Gasteiger charge is 2.08. The third-order valence-corrected chi connectivity index (χ3v) is 5.60. The van der Waals surface area contributed by atoms with E-state index in [0.29, 0.717) is 29.9 Å². The molecule has 0 bridgehead atoms. The van der Waals surface area contributed by atoms with Crippen LogP contribution < -0.4 is 10.6 Å². The zero-order valence-corrected chi connectivity index (χ0v) is 19.3. The zero-order valence-electron chi connectivity index (χ0n) is 15.3. The van der Waals surface area contributed by atoms with Gasteiger partial charge in [-0.05, 0) is 23.6 Å². The summed E-state index contributed by atoms with van der Waals surface area (Å²) in [7, 11) is -1.45. The number of guanidine groups is 1. The monoisotopic (exact) mass is 508 g/mol. The van der Waals surface area contributed by atoms with Crippen molar-refractivity contribution in [3.63, 3.8) is 0 Å². The Balaban J connectivity index is 0.00000338. The van der Waals surface area contributed by atoms with Gasteiger partial charge in [0.15, 0.2) is 15.8 Å². The maximum absolute atomic E-state index is 11.5. The number of nitrogens with one attached hydrogen (secondary N) is 2. The number of nitrogens with zero attached hydrogens (tertiary/aromatic N) is 2. The van der Waals surface area contributed by atoms with Crippen LogP contribution in [0.15, 0.2) is 39.5 Å². The van der Waals surface area contributed by atoms with E-state index in [4.69, 9.17) is 0 Å². The van der Waals surface area contributed by atoms with E-state index < -0.39 is 9.84 Å². The first kappa shape index (κ1) is 22.8. The van der Waals surface area contributed by atoms with Crippen LogP contribution in [0, 0.1) is 0 Å². The zero-order chi connectivity index (χ0) is 18.4. The van der Waals surface area contributed by atoms with E-state index in [0.717, 1.165) is 16.3 Å². The van der Waals surface area contributed by atoms with Gasteiger partial charge in [0.1, 0.15) is 5.01 Å². The maximum atomic E-state index is 11.5. The Morgan fingerprint density at radius 2 is 1.81 bits per heavy atom. The third-order valence-electron chi connectivity index (χ3n) is 3.60. The molecule has 0 saturated carbocycles. The molecule has 1 aromatic carbocycles. The summed E-state index contributed by atoms with van der Waals surface area (Å²) in [6.45, 7) is 5.42. The van der Waals surface area contributed by atoms with Crippen LogP contribution in [0.4, 0.5) is 0 Å². The molecule has 0 aliphatic carbocycles. The Morgan fingerprint density at radius 3 is 2.31 bits per heavy atom. The van der Waals surface area contributed by atoms with Gasteiger partial charge in [0.2, 0.25) is 0 Å². The first-order valence-corrected chi connectivity index (χ1v) is 10.7. The molecule has 0 fully saturated rings. The molecule has 2 N–H and O–H groups in total. The lowest BCUT2D eigenvalue weighted by Crippen LogP contribution is -2.36. The molecule has 9 heteroatoms. The Hall–Kier alpha value is -1.20. The summed E-state index contributed by atoms with van der Waals surface area (Å²) in [6.07, 6.45) is 1.20. The minimum absolute atomic E-state index is 0. The van der Waals surface area contributed by atoms with Gasteiger partial charge in [0, 0.05) is 25.2 Å². The molecule has 2 aromatic rings. The van der Waals surface area contributed by atoms with Crippen molar-refractivity contribution in [2.45, 2.75) is 37.8 Å². The molecule has 0 radical (unpaired) electrons. The molecule has 0 spiro atoms. The van der Waals surface area contributed by atoms with Crippen molar-refractivity contribution in [1.82, 2.24) is 15.6 Å². The number of benzene rings is 1. The second-order valence-electron chi connectivity index (χ2n) is 6.02. The van der Waals surface area contributed by atoms with E-state index in [2.05, 4.69) is 39.8 Å². The van der Waals surface area contributed by atoms with Gasteiger partial charge < -0.3 is 10.6 Å². The highest BCUT2D eigenvalue weighted by Crippen LogP contribution is 2.17. The summed E-state index contributed by atoms with van der Waals surface area (Å²) in [4.78, 5) is 9.10. The van der Waals surface area contributed by atoms with Crippen LogP contribution >= 0.6 is 35.3 Å². The summed E-state index contributed by atoms with van der Waals surface area (Å²) < 4.78 is 22.9. The highest BCUT2D eigenvalue weighted by molar-refractivity contribution is 14.0. The first-order valence-electron chi connectivity index (χ1n) is 7.97. The summed E-state index contributed by atoms with van der Waals surface area (Å²) in [5.41, 5.74) is 2.09. The molecule has 1 heterocycles. The number of rotatable bonds is 6. The summed E-state index contributed by atoms with van der Waals surface area (Å²) >= 11 is 1.64. The predicted molar refractivity (Wildman–Crippen MR) is 118 cm³/mol. The molecule has 6 nitrogen and oxygen atoms in total. The van der Waals surface area contributed by atoms with Crippen LogP contribution in [0.1, 0.15) is 36.0 Å². The normalized spacial score (nSPS) is 12.0. The molecular weight excluding hydrogens is 483 g/mol. The molecular formula is C17H25IN4O2S2. The second kappa shape index (κ2) is 10.2. The van der Waals surface area contributed by atoms with Gasteiger partial charge in [-0.15, -0.1) is 35.3 Å². The van der Waals surface area contributed by atoms with E-state index in [1.54, 1.807) is 42.6 Å². The van der Waals surface area contributed by atoms with Gasteiger partial charge >= 0.3 is 0 Å². The topological polar surface area (TPSA) is 83.5 Å². The summed E-state index contributed by atoms with van der Waals surface area (Å²) in [5, 5.41) is 9.55. The van der Waals surface area contributed by atoms with Crippen molar-refractivity contribution >= 4 is 51.1 Å². The van der Waals surface area contributed by atoms with Gasteiger partial charge in [0.25, 0.3) is 0 Å². The number of aliphatic imine (C=N–C) groups is 1. The van der Waals surface area contributed by atoms with Crippen LogP contribution in [-0.2, 0) is 22.9 Å². The lowest BCUT2D eigenvalue weighted by molar-refractivity contribution is 0.602. The van der Waals surface area contributed by atoms with Crippen molar-refractivity contribution in [2.24, 2.45) is 4.99 Å². The van der Waals surface area contributed by atoms with E-state index in [9.17, 15) is 8.42 Å². The molecule has 1 aromatic heterocycles. The predicted octanol–water partition coefficient (Wildman–Crippen LogP) is 3.15. The summed E-state index contributed by atoms with van der Waals surface area (Å²) in [5.74, 6) is 1.10. The lowest BCUT2D eigenvalue weighted by atomic mass is 10.2. The highest BCUT2D eigenvalue weighted by atomic mass is 127. The number of aromatic nitrogens is 1. The van der Waals surface area contributed by atoms with E-state index in [-0.39, 0.29) is 24.0 Å². The van der Waals surface area contributed by atoms with Crippen LogP contribution in [0.5, 0.6) is 0 Å². The number of halogens is 1. The van der Waals surface area contributed by atoms with Crippen molar-refractivity contribution < 1.29 is 8.42 Å². The molecule has 144 valence electrons. The van der Waals surface area contributed by atoms with Crippen LogP contribution in [0.2, 0.25) is 0 Å².